The van der Waals surface area contributed by atoms with Crippen molar-refractivity contribution < 1.29 is 4.79 Å². The number of carbonyl (C=O) groups excluding carboxylic acids is 1. The van der Waals surface area contributed by atoms with Crippen LogP contribution in [-0.2, 0) is 5.41 Å². The fraction of sp³-hybridized carbons (Fsp3) is 0.520. The summed E-state index contributed by atoms with van der Waals surface area (Å²) in [7, 11) is 0. The summed E-state index contributed by atoms with van der Waals surface area (Å²) in [4.78, 5) is 15.4. The predicted molar refractivity (Wildman–Crippen MR) is 121 cm³/mol. The van der Waals surface area contributed by atoms with E-state index in [0.29, 0.717) is 23.8 Å². The molecule has 0 aliphatic carbocycles. The highest BCUT2D eigenvalue weighted by atomic mass is 16.1. The lowest BCUT2D eigenvalue weighted by atomic mass is 9.87. The van der Waals surface area contributed by atoms with Crippen molar-refractivity contribution >= 4 is 5.91 Å². The van der Waals surface area contributed by atoms with Gasteiger partial charge in [0.25, 0.3) is 5.91 Å². The number of hydrogen-bond donors (Lipinski definition) is 1. The minimum absolute atomic E-state index is 0.0685. The summed E-state index contributed by atoms with van der Waals surface area (Å²) in [6.07, 6.45) is 6.57. The van der Waals surface area contributed by atoms with Crippen molar-refractivity contribution in [3.8, 4) is 11.8 Å². The Bertz CT molecular complexity index is 899. The summed E-state index contributed by atoms with van der Waals surface area (Å²) >= 11 is 0. The van der Waals surface area contributed by atoms with Crippen LogP contribution in [0.1, 0.15) is 75.0 Å². The normalized spacial score (nSPS) is 17.5. The van der Waals surface area contributed by atoms with Crippen molar-refractivity contribution in [3.05, 3.63) is 53.3 Å². The van der Waals surface area contributed by atoms with E-state index in [0.717, 1.165) is 25.2 Å². The van der Waals surface area contributed by atoms with Crippen LogP contribution in [0.4, 0.5) is 0 Å². The summed E-state index contributed by atoms with van der Waals surface area (Å²) in [5.41, 5.74) is 3.00. The molecule has 1 atom stereocenters. The lowest BCUT2D eigenvalue weighted by molar-refractivity contribution is 0.0942. The number of piperidine rings is 1. The smallest absolute Gasteiger partial charge is 0.269 e. The molecule has 3 rings (SSSR count). The van der Waals surface area contributed by atoms with Gasteiger partial charge in [0.2, 0.25) is 0 Å². The molecule has 0 bridgehead atoms. The van der Waals surface area contributed by atoms with Crippen molar-refractivity contribution in [3.63, 3.8) is 0 Å². The van der Waals surface area contributed by atoms with Crippen LogP contribution in [-0.4, -0.2) is 41.1 Å². The molecular formula is C25H34N4O. The van der Waals surface area contributed by atoms with Crippen LogP contribution in [0.5, 0.6) is 0 Å². The molecule has 0 saturated carbocycles. The number of nitriles is 1. The molecule has 2 heterocycles. The number of amides is 1. The van der Waals surface area contributed by atoms with Crippen LogP contribution < -0.4 is 5.32 Å². The van der Waals surface area contributed by atoms with Gasteiger partial charge in [0.15, 0.2) is 0 Å². The van der Waals surface area contributed by atoms with Crippen LogP contribution in [0.25, 0.3) is 5.69 Å². The van der Waals surface area contributed by atoms with Crippen molar-refractivity contribution in [2.45, 2.75) is 64.8 Å². The zero-order valence-electron chi connectivity index (χ0n) is 18.7. The van der Waals surface area contributed by atoms with E-state index in [4.69, 9.17) is 0 Å². The van der Waals surface area contributed by atoms with Crippen molar-refractivity contribution in [1.82, 2.24) is 14.8 Å². The molecule has 1 unspecified atom stereocenters. The zero-order chi connectivity index (χ0) is 21.7. The minimum atomic E-state index is -0.192. The zero-order valence-corrected chi connectivity index (χ0v) is 18.7. The Morgan fingerprint density at radius 2 is 1.93 bits per heavy atom. The van der Waals surface area contributed by atoms with Gasteiger partial charge in [-0.05, 0) is 61.9 Å². The number of benzene rings is 1. The fourth-order valence-electron chi connectivity index (χ4n) is 4.15. The maximum absolute atomic E-state index is 12.9. The summed E-state index contributed by atoms with van der Waals surface area (Å²) in [6, 6.07) is 12.7. The molecule has 1 aliphatic rings. The Morgan fingerprint density at radius 1 is 1.20 bits per heavy atom. The lowest BCUT2D eigenvalue weighted by Crippen LogP contribution is -2.39. The van der Waals surface area contributed by atoms with Gasteiger partial charge < -0.3 is 14.8 Å². The Morgan fingerprint density at radius 3 is 2.57 bits per heavy atom. The number of carbonyl (C=O) groups is 1. The SMILES string of the molecule is CC1CCCCN1CCCNC(=O)c1c(C#N)ccn1-c1ccc(C(C)(C)C)cc1. The highest BCUT2D eigenvalue weighted by Crippen LogP contribution is 2.24. The topological polar surface area (TPSA) is 61.1 Å². The molecule has 0 spiro atoms. The average Bonchev–Trinajstić information content (AvgIpc) is 3.16. The first-order chi connectivity index (χ1) is 14.3. The molecule has 1 aromatic heterocycles. The van der Waals surface area contributed by atoms with Crippen LogP contribution in [0.15, 0.2) is 36.5 Å². The summed E-state index contributed by atoms with van der Waals surface area (Å²) in [5, 5.41) is 12.5. The standard InChI is InChI=1S/C25H34N4O/c1-19-8-5-6-15-28(19)16-7-14-27-24(30)23-20(18-26)13-17-29(23)22-11-9-21(10-12-22)25(2,3)4/h9-13,17,19H,5-8,14-16H2,1-4H3,(H,27,30). The average molecular weight is 407 g/mol. The van der Waals surface area contributed by atoms with Gasteiger partial charge in [-0.1, -0.05) is 39.3 Å². The Hall–Kier alpha value is -2.58. The van der Waals surface area contributed by atoms with E-state index >= 15 is 0 Å². The van der Waals surface area contributed by atoms with Gasteiger partial charge in [-0.2, -0.15) is 5.26 Å². The largest absolute Gasteiger partial charge is 0.351 e. The third-order valence-electron chi connectivity index (χ3n) is 6.08. The van der Waals surface area contributed by atoms with Crippen molar-refractivity contribution in [2.75, 3.05) is 19.6 Å². The third-order valence-corrected chi connectivity index (χ3v) is 6.08. The molecule has 2 aromatic rings. The molecule has 1 amide bonds. The summed E-state index contributed by atoms with van der Waals surface area (Å²) < 4.78 is 1.81. The maximum atomic E-state index is 12.9. The van der Waals surface area contributed by atoms with Crippen LogP contribution in [0.2, 0.25) is 0 Å². The van der Waals surface area contributed by atoms with E-state index in [-0.39, 0.29) is 11.3 Å². The van der Waals surface area contributed by atoms with Gasteiger partial charge in [0.1, 0.15) is 11.8 Å². The maximum Gasteiger partial charge on any atom is 0.269 e. The second kappa shape index (κ2) is 9.49. The first-order valence-electron chi connectivity index (χ1n) is 11.1. The Balaban J connectivity index is 1.67. The second-order valence-electron chi connectivity index (χ2n) is 9.35. The highest BCUT2D eigenvalue weighted by Gasteiger charge is 2.20. The van der Waals surface area contributed by atoms with Gasteiger partial charge >= 0.3 is 0 Å². The highest BCUT2D eigenvalue weighted by molar-refractivity contribution is 5.95. The number of hydrogen-bond acceptors (Lipinski definition) is 3. The van der Waals surface area contributed by atoms with E-state index in [1.54, 1.807) is 12.3 Å². The minimum Gasteiger partial charge on any atom is -0.351 e. The van der Waals surface area contributed by atoms with Gasteiger partial charge in [-0.15, -0.1) is 0 Å². The summed E-state index contributed by atoms with van der Waals surface area (Å²) in [6.45, 7) is 11.6. The molecule has 30 heavy (non-hydrogen) atoms. The molecule has 1 aliphatic heterocycles. The molecule has 1 aromatic carbocycles. The quantitative estimate of drug-likeness (QED) is 0.711. The Labute approximate surface area is 180 Å². The van der Waals surface area contributed by atoms with Crippen molar-refractivity contribution in [2.24, 2.45) is 0 Å². The van der Waals surface area contributed by atoms with E-state index in [1.807, 2.05) is 16.7 Å². The lowest BCUT2D eigenvalue weighted by Gasteiger charge is -2.33. The molecule has 160 valence electrons. The number of nitrogens with zero attached hydrogens (tertiary/aromatic N) is 3. The van der Waals surface area contributed by atoms with Crippen LogP contribution in [0.3, 0.4) is 0 Å². The number of aromatic nitrogens is 1. The van der Waals surface area contributed by atoms with Gasteiger partial charge in [-0.3, -0.25) is 4.79 Å². The molecule has 5 heteroatoms. The Kier molecular flexibility index (Phi) is 6.99. The van der Waals surface area contributed by atoms with Gasteiger partial charge in [0, 0.05) is 31.0 Å². The molecule has 1 fully saturated rings. The molecule has 0 radical (unpaired) electrons. The van der Waals surface area contributed by atoms with Crippen LogP contribution in [0, 0.1) is 11.3 Å². The molecule has 5 nitrogen and oxygen atoms in total. The predicted octanol–water partition coefficient (Wildman–Crippen LogP) is 4.64. The number of rotatable bonds is 6. The monoisotopic (exact) mass is 406 g/mol. The molecular weight excluding hydrogens is 372 g/mol. The van der Waals surface area contributed by atoms with E-state index in [1.165, 1.54) is 24.8 Å². The first kappa shape index (κ1) is 22.1. The summed E-state index contributed by atoms with van der Waals surface area (Å²) in [5.74, 6) is -0.192. The number of likely N-dealkylation sites (tertiary alicyclic amines) is 1. The van der Waals surface area contributed by atoms with Crippen molar-refractivity contribution in [1.29, 1.82) is 5.26 Å². The molecule has 1 N–H and O–H groups in total. The molecule has 1 saturated heterocycles. The second-order valence-corrected chi connectivity index (χ2v) is 9.35. The van der Waals surface area contributed by atoms with Gasteiger partial charge in [0.05, 0.1) is 5.56 Å². The van der Waals surface area contributed by atoms with Gasteiger partial charge in [-0.25, -0.2) is 0 Å². The van der Waals surface area contributed by atoms with E-state index in [9.17, 15) is 10.1 Å². The third kappa shape index (κ3) is 5.12. The van der Waals surface area contributed by atoms with E-state index in [2.05, 4.69) is 56.1 Å². The number of nitrogens with one attached hydrogen (secondary N) is 1. The fourth-order valence-corrected chi connectivity index (χ4v) is 4.15. The van der Waals surface area contributed by atoms with E-state index < -0.39 is 0 Å². The first-order valence-corrected chi connectivity index (χ1v) is 11.1. The van der Waals surface area contributed by atoms with Crippen LogP contribution >= 0.6 is 0 Å².